The number of nitrogens with zero attached hydrogens (tertiary/aromatic N) is 1. The van der Waals surface area contributed by atoms with Gasteiger partial charge in [-0.15, -0.1) is 0 Å². The van der Waals surface area contributed by atoms with Gasteiger partial charge in [0.05, 0.1) is 12.8 Å². The highest BCUT2D eigenvalue weighted by molar-refractivity contribution is 7.85. The Hall–Kier alpha value is -0.820. The molecule has 0 aliphatic carbocycles. The zero-order chi connectivity index (χ0) is 12.6. The number of rotatable bonds is 3. The Morgan fingerprint density at radius 2 is 2.06 bits per heavy atom. The van der Waals surface area contributed by atoms with Crippen molar-refractivity contribution in [2.45, 2.75) is 32.4 Å². The average Bonchev–Trinajstić information content (AvgIpc) is 2.41. The summed E-state index contributed by atoms with van der Waals surface area (Å²) in [6, 6.07) is 0. The number of hydrogen-bond acceptors (Lipinski definition) is 5. The van der Waals surface area contributed by atoms with E-state index in [2.05, 4.69) is 4.18 Å². The number of amides is 1. The van der Waals surface area contributed by atoms with Gasteiger partial charge < -0.3 is 4.74 Å². The fourth-order valence-electron chi connectivity index (χ4n) is 1.36. The molecule has 1 heterocycles. The molecule has 1 aliphatic rings. The van der Waals surface area contributed by atoms with Crippen LogP contribution in [0, 0.1) is 0 Å². The number of cyclic esters (lactones) is 1. The van der Waals surface area contributed by atoms with Gasteiger partial charge in [-0.3, -0.25) is 9.08 Å². The summed E-state index contributed by atoms with van der Waals surface area (Å²) in [4.78, 5) is 13.0. The van der Waals surface area contributed by atoms with Crippen molar-refractivity contribution in [3.05, 3.63) is 0 Å². The Kier molecular flexibility index (Phi) is 3.49. The van der Waals surface area contributed by atoms with E-state index < -0.39 is 22.3 Å². The maximum atomic E-state index is 11.5. The molecule has 1 saturated heterocycles. The Morgan fingerprint density at radius 1 is 1.50 bits per heavy atom. The van der Waals surface area contributed by atoms with Gasteiger partial charge in [0.1, 0.15) is 12.7 Å². The van der Waals surface area contributed by atoms with Crippen molar-refractivity contribution in [1.29, 1.82) is 0 Å². The molecule has 0 aromatic carbocycles. The topological polar surface area (TPSA) is 72.9 Å². The summed E-state index contributed by atoms with van der Waals surface area (Å²) in [6.45, 7) is 5.87. The lowest BCUT2D eigenvalue weighted by molar-refractivity contribution is 0.101. The van der Waals surface area contributed by atoms with Crippen LogP contribution in [-0.4, -0.2) is 50.5 Å². The Bertz CT molecular complexity index is 370. The number of hydrogen-bond donors (Lipinski definition) is 0. The van der Waals surface area contributed by atoms with Crippen LogP contribution in [0.5, 0.6) is 0 Å². The largest absolute Gasteiger partial charge is 0.442 e. The van der Waals surface area contributed by atoms with Gasteiger partial charge in [-0.2, -0.15) is 8.42 Å². The molecule has 1 fully saturated rings. The second kappa shape index (κ2) is 4.21. The van der Waals surface area contributed by atoms with Gasteiger partial charge in [0, 0.05) is 5.54 Å². The lowest BCUT2D eigenvalue weighted by Gasteiger charge is -2.29. The standard InChI is InChI=1S/C9H17NO5S/c1-9(2,3)10-5-7(15-8(10)11)6-14-16(4,12)13/h7H,5-6H2,1-4H3/t7-/m0/s1. The van der Waals surface area contributed by atoms with Crippen molar-refractivity contribution < 1.29 is 22.1 Å². The molecule has 1 rings (SSSR count). The SMILES string of the molecule is CC(C)(C)N1C[C@@H](COS(C)(=O)=O)OC1=O. The lowest BCUT2D eigenvalue weighted by Crippen LogP contribution is -2.42. The maximum Gasteiger partial charge on any atom is 0.410 e. The zero-order valence-corrected chi connectivity index (χ0v) is 10.7. The molecule has 16 heavy (non-hydrogen) atoms. The molecule has 0 radical (unpaired) electrons. The number of carbonyl (C=O) groups excluding carboxylic acids is 1. The zero-order valence-electron chi connectivity index (χ0n) is 9.89. The molecular weight excluding hydrogens is 234 g/mol. The van der Waals surface area contributed by atoms with Crippen molar-refractivity contribution in [3.63, 3.8) is 0 Å². The molecular formula is C9H17NO5S. The minimum Gasteiger partial charge on any atom is -0.442 e. The molecule has 1 atom stereocenters. The molecule has 0 spiro atoms. The molecule has 94 valence electrons. The van der Waals surface area contributed by atoms with Crippen molar-refractivity contribution in [3.8, 4) is 0 Å². The third-order valence-electron chi connectivity index (χ3n) is 2.15. The summed E-state index contributed by atoms with van der Waals surface area (Å²) >= 11 is 0. The Labute approximate surface area is 95.6 Å². The molecule has 6 nitrogen and oxygen atoms in total. The quantitative estimate of drug-likeness (QED) is 0.686. The van der Waals surface area contributed by atoms with Crippen LogP contribution in [0.25, 0.3) is 0 Å². The van der Waals surface area contributed by atoms with Crippen LogP contribution < -0.4 is 0 Å². The Morgan fingerprint density at radius 3 is 2.44 bits per heavy atom. The molecule has 0 bridgehead atoms. The van der Waals surface area contributed by atoms with E-state index in [0.29, 0.717) is 6.54 Å². The fourth-order valence-corrected chi connectivity index (χ4v) is 1.75. The van der Waals surface area contributed by atoms with Gasteiger partial charge in [0.15, 0.2) is 0 Å². The van der Waals surface area contributed by atoms with E-state index in [1.54, 1.807) is 4.90 Å². The third-order valence-corrected chi connectivity index (χ3v) is 2.72. The third kappa shape index (κ3) is 3.64. The number of ether oxygens (including phenoxy) is 1. The first-order valence-electron chi connectivity index (χ1n) is 4.92. The molecule has 0 unspecified atom stereocenters. The monoisotopic (exact) mass is 251 g/mol. The average molecular weight is 251 g/mol. The van der Waals surface area contributed by atoms with Crippen molar-refractivity contribution in [2.24, 2.45) is 0 Å². The summed E-state index contributed by atoms with van der Waals surface area (Å²) in [5, 5.41) is 0. The van der Waals surface area contributed by atoms with E-state index in [-0.39, 0.29) is 12.1 Å². The predicted molar refractivity (Wildman–Crippen MR) is 57.5 cm³/mol. The summed E-state index contributed by atoms with van der Waals surface area (Å²) in [7, 11) is -3.49. The Balaban J connectivity index is 2.55. The van der Waals surface area contributed by atoms with Crippen LogP contribution in [0.4, 0.5) is 4.79 Å². The summed E-state index contributed by atoms with van der Waals surface area (Å²) in [5.41, 5.74) is -0.336. The van der Waals surface area contributed by atoms with Crippen LogP contribution in [-0.2, 0) is 19.0 Å². The van der Waals surface area contributed by atoms with Gasteiger partial charge in [-0.1, -0.05) is 0 Å². The molecule has 7 heteroatoms. The predicted octanol–water partition coefficient (Wildman–Crippen LogP) is 0.582. The number of carbonyl (C=O) groups is 1. The fraction of sp³-hybridized carbons (Fsp3) is 0.889. The molecule has 0 N–H and O–H groups in total. The van der Waals surface area contributed by atoms with E-state index in [1.165, 1.54) is 0 Å². The molecule has 0 aromatic rings. The van der Waals surface area contributed by atoms with Crippen LogP contribution >= 0.6 is 0 Å². The highest BCUT2D eigenvalue weighted by Crippen LogP contribution is 2.22. The van der Waals surface area contributed by atoms with E-state index >= 15 is 0 Å². The van der Waals surface area contributed by atoms with E-state index in [0.717, 1.165) is 6.26 Å². The highest BCUT2D eigenvalue weighted by Gasteiger charge is 2.38. The van der Waals surface area contributed by atoms with Gasteiger partial charge in [-0.05, 0) is 20.8 Å². The van der Waals surface area contributed by atoms with Gasteiger partial charge >= 0.3 is 6.09 Å². The highest BCUT2D eigenvalue weighted by atomic mass is 32.2. The second-order valence-electron chi connectivity index (χ2n) is 4.78. The summed E-state index contributed by atoms with van der Waals surface area (Å²) < 4.78 is 31.1. The van der Waals surface area contributed by atoms with Crippen molar-refractivity contribution >= 4 is 16.2 Å². The lowest BCUT2D eigenvalue weighted by atomic mass is 10.1. The van der Waals surface area contributed by atoms with Crippen LogP contribution in [0.3, 0.4) is 0 Å². The minimum absolute atomic E-state index is 0.128. The molecule has 0 saturated carbocycles. The van der Waals surface area contributed by atoms with Crippen molar-refractivity contribution in [1.82, 2.24) is 4.90 Å². The molecule has 0 aromatic heterocycles. The minimum atomic E-state index is -3.49. The normalized spacial score (nSPS) is 22.4. The first-order valence-corrected chi connectivity index (χ1v) is 6.74. The van der Waals surface area contributed by atoms with Crippen LogP contribution in [0.2, 0.25) is 0 Å². The van der Waals surface area contributed by atoms with Crippen LogP contribution in [0.15, 0.2) is 0 Å². The van der Waals surface area contributed by atoms with Gasteiger partial charge in [0.25, 0.3) is 10.1 Å². The van der Waals surface area contributed by atoms with Gasteiger partial charge in [-0.25, -0.2) is 4.79 Å². The molecule has 1 aliphatic heterocycles. The van der Waals surface area contributed by atoms with Crippen LogP contribution in [0.1, 0.15) is 20.8 Å². The summed E-state index contributed by atoms with van der Waals surface area (Å²) in [5.74, 6) is 0. The first kappa shape index (κ1) is 13.2. The first-order chi connectivity index (χ1) is 7.09. The van der Waals surface area contributed by atoms with Crippen molar-refractivity contribution in [2.75, 3.05) is 19.4 Å². The smallest absolute Gasteiger partial charge is 0.410 e. The second-order valence-corrected chi connectivity index (χ2v) is 6.42. The van der Waals surface area contributed by atoms with Gasteiger partial charge in [0.2, 0.25) is 0 Å². The maximum absolute atomic E-state index is 11.5. The van der Waals surface area contributed by atoms with E-state index in [1.807, 2.05) is 20.8 Å². The van der Waals surface area contributed by atoms with E-state index in [9.17, 15) is 13.2 Å². The summed E-state index contributed by atoms with van der Waals surface area (Å²) in [6.07, 6.45) is 0.00160. The van der Waals surface area contributed by atoms with E-state index in [4.69, 9.17) is 4.74 Å². The molecule has 1 amide bonds.